The number of carbonyl (C=O) groups excluding carboxylic acids is 1. The van der Waals surface area contributed by atoms with Gasteiger partial charge in [-0.05, 0) is 42.3 Å². The predicted molar refractivity (Wildman–Crippen MR) is 123 cm³/mol. The minimum atomic E-state index is -0.0461. The van der Waals surface area contributed by atoms with E-state index in [9.17, 15) is 4.79 Å². The van der Waals surface area contributed by atoms with Gasteiger partial charge in [0.2, 0.25) is 0 Å². The van der Waals surface area contributed by atoms with Gasteiger partial charge in [0, 0.05) is 39.4 Å². The zero-order valence-electron chi connectivity index (χ0n) is 17.6. The number of nitrogens with one attached hydrogen (secondary N) is 1. The number of rotatable bonds is 7. The van der Waals surface area contributed by atoms with Crippen molar-refractivity contribution in [1.29, 1.82) is 0 Å². The van der Waals surface area contributed by atoms with Crippen LogP contribution < -0.4 is 15.0 Å². The molecule has 3 aromatic rings. The molecule has 0 spiro atoms. The molecule has 0 unspecified atom stereocenters. The highest BCUT2D eigenvalue weighted by Gasteiger charge is 2.26. The number of thiophene rings is 1. The lowest BCUT2D eigenvalue weighted by Gasteiger charge is -2.21. The molecule has 1 amide bonds. The monoisotopic (exact) mass is 435 g/mol. The summed E-state index contributed by atoms with van der Waals surface area (Å²) in [4.78, 5) is 26.2. The molecule has 1 aliphatic heterocycles. The van der Waals surface area contributed by atoms with Crippen molar-refractivity contribution in [2.75, 3.05) is 38.6 Å². The molecule has 3 heterocycles. The van der Waals surface area contributed by atoms with E-state index >= 15 is 0 Å². The van der Waals surface area contributed by atoms with Crippen molar-refractivity contribution in [3.8, 4) is 5.75 Å². The summed E-state index contributed by atoms with van der Waals surface area (Å²) in [5.74, 6) is 2.23. The number of ether oxygens (including phenoxy) is 1. The molecule has 0 bridgehead atoms. The van der Waals surface area contributed by atoms with Crippen molar-refractivity contribution < 1.29 is 9.53 Å². The Balaban J connectivity index is 1.47. The summed E-state index contributed by atoms with van der Waals surface area (Å²) < 4.78 is 6.14. The summed E-state index contributed by atoms with van der Waals surface area (Å²) in [6.45, 7) is 2.59. The van der Waals surface area contributed by atoms with Crippen LogP contribution in [0.15, 0.2) is 60.4 Å². The third-order valence-corrected chi connectivity index (χ3v) is 5.94. The van der Waals surface area contributed by atoms with Gasteiger partial charge in [0.1, 0.15) is 29.2 Å². The predicted octanol–water partition coefficient (Wildman–Crippen LogP) is 3.27. The lowest BCUT2D eigenvalue weighted by atomic mass is 10.2. The Morgan fingerprint density at radius 2 is 2.10 bits per heavy atom. The molecule has 2 aromatic heterocycles. The number of anilines is 1. The van der Waals surface area contributed by atoms with E-state index < -0.39 is 0 Å². The first-order valence-corrected chi connectivity index (χ1v) is 11.0. The van der Waals surface area contributed by atoms with Crippen LogP contribution in [0, 0.1) is 0 Å². The molecule has 0 aliphatic carbocycles. The fourth-order valence-corrected chi connectivity index (χ4v) is 4.10. The average molecular weight is 436 g/mol. The number of nitrogens with zero attached hydrogens (tertiary/aromatic N) is 4. The van der Waals surface area contributed by atoms with Gasteiger partial charge >= 0.3 is 0 Å². The van der Waals surface area contributed by atoms with Gasteiger partial charge in [0.25, 0.3) is 5.91 Å². The van der Waals surface area contributed by atoms with Gasteiger partial charge in [-0.3, -0.25) is 4.79 Å². The Morgan fingerprint density at radius 1 is 1.26 bits per heavy atom. The highest BCUT2D eigenvalue weighted by atomic mass is 32.1. The third-order valence-electron chi connectivity index (χ3n) is 5.06. The first-order chi connectivity index (χ1) is 15.2. The Kier molecular flexibility index (Phi) is 6.59. The molecule has 1 aliphatic rings. The molecule has 1 N–H and O–H groups in total. The average Bonchev–Trinajstić information content (AvgIpc) is 3.31. The fourth-order valence-electron chi connectivity index (χ4n) is 3.39. The Labute approximate surface area is 186 Å². The molecule has 7 nitrogen and oxygen atoms in total. The molecular weight excluding hydrogens is 410 g/mol. The van der Waals surface area contributed by atoms with E-state index in [4.69, 9.17) is 4.74 Å². The van der Waals surface area contributed by atoms with E-state index in [0.29, 0.717) is 24.5 Å². The van der Waals surface area contributed by atoms with Crippen LogP contribution in [0.2, 0.25) is 0 Å². The number of aromatic nitrogens is 2. The summed E-state index contributed by atoms with van der Waals surface area (Å²) in [5.41, 5.74) is 1.58. The van der Waals surface area contributed by atoms with Crippen molar-refractivity contribution in [2.24, 2.45) is 0 Å². The number of fused-ring (bicyclic) bond motifs is 1. The maximum absolute atomic E-state index is 13.0. The first-order valence-electron chi connectivity index (χ1n) is 10.1. The highest BCUT2D eigenvalue weighted by Crippen LogP contribution is 2.26. The number of amides is 1. The smallest absolute Gasteiger partial charge is 0.259 e. The standard InChI is InChI=1S/C23H25N5O2S/c1-24-10-9-20(21-4-3-13-31-21)30-18-7-5-17(6-8-18)15-28-12-11-27(2)22-19(23(28)29)14-25-16-26-22/h3-9,13-14,16,24H,10-12,15H2,1-2H3/b20-9+. The number of benzene rings is 1. The second-order valence-electron chi connectivity index (χ2n) is 7.26. The molecule has 0 saturated heterocycles. The second-order valence-corrected chi connectivity index (χ2v) is 8.21. The number of carbonyl (C=O) groups is 1. The topological polar surface area (TPSA) is 70.6 Å². The number of likely N-dealkylation sites (N-methyl/N-ethyl adjacent to an activating group) is 2. The minimum Gasteiger partial charge on any atom is -0.456 e. The van der Waals surface area contributed by atoms with E-state index in [1.165, 1.54) is 6.33 Å². The second kappa shape index (κ2) is 9.72. The first kappa shape index (κ1) is 21.0. The largest absolute Gasteiger partial charge is 0.456 e. The highest BCUT2D eigenvalue weighted by molar-refractivity contribution is 7.11. The van der Waals surface area contributed by atoms with Gasteiger partial charge in [-0.15, -0.1) is 11.3 Å². The third kappa shape index (κ3) is 4.92. The maximum atomic E-state index is 13.0. The van der Waals surface area contributed by atoms with Crippen LogP contribution in [-0.2, 0) is 6.54 Å². The molecule has 0 fully saturated rings. The fraction of sp³-hybridized carbons (Fsp3) is 0.261. The van der Waals surface area contributed by atoms with Crippen LogP contribution >= 0.6 is 11.3 Å². The molecule has 0 atom stereocenters. The van der Waals surface area contributed by atoms with Gasteiger partial charge in [0.05, 0.1) is 4.88 Å². The zero-order valence-corrected chi connectivity index (χ0v) is 18.4. The Bertz CT molecular complexity index is 1050. The summed E-state index contributed by atoms with van der Waals surface area (Å²) in [5, 5.41) is 5.15. The lowest BCUT2D eigenvalue weighted by molar-refractivity contribution is 0.0754. The molecule has 8 heteroatoms. The van der Waals surface area contributed by atoms with E-state index in [1.807, 2.05) is 71.7 Å². The van der Waals surface area contributed by atoms with Crippen LogP contribution in [-0.4, -0.2) is 54.5 Å². The van der Waals surface area contributed by atoms with Crippen molar-refractivity contribution in [3.63, 3.8) is 0 Å². The quantitative estimate of drug-likeness (QED) is 0.575. The number of hydrogen-bond acceptors (Lipinski definition) is 7. The van der Waals surface area contributed by atoms with Crippen LogP contribution in [0.1, 0.15) is 20.8 Å². The molecule has 31 heavy (non-hydrogen) atoms. The maximum Gasteiger partial charge on any atom is 0.259 e. The van der Waals surface area contributed by atoms with Gasteiger partial charge < -0.3 is 19.9 Å². The van der Waals surface area contributed by atoms with Crippen molar-refractivity contribution in [2.45, 2.75) is 6.54 Å². The van der Waals surface area contributed by atoms with Gasteiger partial charge in [-0.1, -0.05) is 18.2 Å². The van der Waals surface area contributed by atoms with Gasteiger partial charge in [0.15, 0.2) is 0 Å². The van der Waals surface area contributed by atoms with E-state index in [-0.39, 0.29) is 5.91 Å². The molecule has 4 rings (SSSR count). The lowest BCUT2D eigenvalue weighted by Crippen LogP contribution is -2.33. The van der Waals surface area contributed by atoms with E-state index in [0.717, 1.165) is 35.0 Å². The Hall–Kier alpha value is -3.23. The van der Waals surface area contributed by atoms with Gasteiger partial charge in [-0.25, -0.2) is 9.97 Å². The summed E-state index contributed by atoms with van der Waals surface area (Å²) >= 11 is 1.64. The molecular formula is C23H25N5O2S. The Morgan fingerprint density at radius 3 is 2.84 bits per heavy atom. The SMILES string of the molecule is CNC/C=C(/Oc1ccc(CN2CCN(C)c3ncncc3C2=O)cc1)c1cccs1. The molecule has 0 saturated carbocycles. The molecule has 0 radical (unpaired) electrons. The van der Waals surface area contributed by atoms with Gasteiger partial charge in [-0.2, -0.15) is 0 Å². The minimum absolute atomic E-state index is 0.0461. The normalized spacial score (nSPS) is 14.4. The van der Waals surface area contributed by atoms with Crippen LogP contribution in [0.25, 0.3) is 5.76 Å². The van der Waals surface area contributed by atoms with Crippen LogP contribution in [0.4, 0.5) is 5.82 Å². The molecule has 160 valence electrons. The summed E-state index contributed by atoms with van der Waals surface area (Å²) in [6.07, 6.45) is 5.11. The van der Waals surface area contributed by atoms with Crippen LogP contribution in [0.5, 0.6) is 5.75 Å². The van der Waals surface area contributed by atoms with Crippen molar-refractivity contribution in [3.05, 3.63) is 76.4 Å². The summed E-state index contributed by atoms with van der Waals surface area (Å²) in [7, 11) is 3.85. The zero-order chi connectivity index (χ0) is 21.6. The van der Waals surface area contributed by atoms with Crippen molar-refractivity contribution in [1.82, 2.24) is 20.2 Å². The molecule has 1 aromatic carbocycles. The summed E-state index contributed by atoms with van der Waals surface area (Å²) in [6, 6.07) is 12.0. The van der Waals surface area contributed by atoms with E-state index in [2.05, 4.69) is 15.3 Å². The van der Waals surface area contributed by atoms with Crippen molar-refractivity contribution >= 4 is 28.8 Å². The van der Waals surface area contributed by atoms with Crippen LogP contribution in [0.3, 0.4) is 0 Å². The number of hydrogen-bond donors (Lipinski definition) is 1. The van der Waals surface area contributed by atoms with E-state index in [1.54, 1.807) is 17.5 Å².